The van der Waals surface area contributed by atoms with Crippen LogP contribution in [0.3, 0.4) is 0 Å². The van der Waals surface area contributed by atoms with Crippen LogP contribution in [0.25, 0.3) is 0 Å². The van der Waals surface area contributed by atoms with Crippen molar-refractivity contribution in [2.45, 2.75) is 11.5 Å². The lowest BCUT2D eigenvalue weighted by Crippen LogP contribution is -2.14. The fourth-order valence-corrected chi connectivity index (χ4v) is 3.76. The number of carbonyl (C=O) groups excluding carboxylic acids is 1. The molecule has 31 heavy (non-hydrogen) atoms. The molecule has 3 aromatic rings. The standard InChI is InChI=1S/C21H18N2O7S/c1-29-19-10-8-17(9-11-19)22-31(27,28)20-7-3-5-16(13-20)21(24)30-14-15-4-2-6-18(12-15)23(25)26/h2-13,22H,14H2,1H3. The van der Waals surface area contributed by atoms with Crippen molar-refractivity contribution in [3.63, 3.8) is 0 Å². The number of sulfonamides is 1. The summed E-state index contributed by atoms with van der Waals surface area (Å²) in [4.78, 5) is 22.5. The van der Waals surface area contributed by atoms with Gasteiger partial charge in [-0.1, -0.05) is 18.2 Å². The number of hydrogen-bond donors (Lipinski definition) is 1. The van der Waals surface area contributed by atoms with E-state index in [1.807, 2.05) is 0 Å². The van der Waals surface area contributed by atoms with Gasteiger partial charge in [-0.2, -0.15) is 0 Å². The number of nitrogens with zero attached hydrogens (tertiary/aromatic N) is 1. The lowest BCUT2D eigenvalue weighted by atomic mass is 10.2. The number of methoxy groups -OCH3 is 1. The second kappa shape index (κ2) is 9.26. The Hall–Kier alpha value is -3.92. The van der Waals surface area contributed by atoms with E-state index in [2.05, 4.69) is 4.72 Å². The van der Waals surface area contributed by atoms with Gasteiger partial charge in [0.2, 0.25) is 0 Å². The second-order valence-electron chi connectivity index (χ2n) is 6.36. The molecule has 0 saturated carbocycles. The molecule has 9 nitrogen and oxygen atoms in total. The van der Waals surface area contributed by atoms with Crippen molar-refractivity contribution in [1.82, 2.24) is 0 Å². The van der Waals surface area contributed by atoms with E-state index in [1.165, 1.54) is 49.6 Å². The highest BCUT2D eigenvalue weighted by Crippen LogP contribution is 2.21. The molecular weight excluding hydrogens is 424 g/mol. The lowest BCUT2D eigenvalue weighted by molar-refractivity contribution is -0.384. The minimum atomic E-state index is -3.94. The highest BCUT2D eigenvalue weighted by Gasteiger charge is 2.17. The first-order valence-corrected chi connectivity index (χ1v) is 10.4. The summed E-state index contributed by atoms with van der Waals surface area (Å²) in [6.45, 7) is -0.193. The smallest absolute Gasteiger partial charge is 0.338 e. The van der Waals surface area contributed by atoms with Gasteiger partial charge >= 0.3 is 5.97 Å². The molecule has 160 valence electrons. The molecule has 0 aromatic heterocycles. The van der Waals surface area contributed by atoms with Crippen molar-refractivity contribution in [2.24, 2.45) is 0 Å². The van der Waals surface area contributed by atoms with E-state index < -0.39 is 20.9 Å². The summed E-state index contributed by atoms with van der Waals surface area (Å²) < 4.78 is 37.9. The SMILES string of the molecule is COc1ccc(NS(=O)(=O)c2cccc(C(=O)OCc3cccc([N+](=O)[O-])c3)c2)cc1. The quantitative estimate of drug-likeness (QED) is 0.320. The minimum absolute atomic E-state index is 0.0306. The van der Waals surface area contributed by atoms with Crippen LogP contribution in [0.1, 0.15) is 15.9 Å². The van der Waals surface area contributed by atoms with Crippen molar-refractivity contribution in [2.75, 3.05) is 11.8 Å². The molecule has 3 rings (SSSR count). The van der Waals surface area contributed by atoms with Gasteiger partial charge in [-0.05, 0) is 48.0 Å². The van der Waals surface area contributed by atoms with E-state index in [9.17, 15) is 23.3 Å². The second-order valence-corrected chi connectivity index (χ2v) is 8.05. The normalized spacial score (nSPS) is 10.9. The predicted octanol–water partition coefficient (Wildman–Crippen LogP) is 3.76. The number of ether oxygens (including phenoxy) is 2. The van der Waals surface area contributed by atoms with Gasteiger partial charge in [0, 0.05) is 17.8 Å². The zero-order valence-electron chi connectivity index (χ0n) is 16.3. The van der Waals surface area contributed by atoms with Crippen molar-refractivity contribution in [3.8, 4) is 5.75 Å². The molecular formula is C21H18N2O7S. The topological polar surface area (TPSA) is 125 Å². The van der Waals surface area contributed by atoms with Crippen molar-refractivity contribution >= 4 is 27.4 Å². The molecule has 0 aliphatic carbocycles. The molecule has 0 atom stereocenters. The Labute approximate surface area is 178 Å². The Morgan fingerprint density at radius 1 is 1.03 bits per heavy atom. The molecule has 0 bridgehead atoms. The van der Waals surface area contributed by atoms with E-state index >= 15 is 0 Å². The Morgan fingerprint density at radius 2 is 1.74 bits per heavy atom. The van der Waals surface area contributed by atoms with Crippen molar-refractivity contribution < 1.29 is 27.6 Å². The molecule has 0 heterocycles. The van der Waals surface area contributed by atoms with Gasteiger partial charge in [0.15, 0.2) is 0 Å². The van der Waals surface area contributed by atoms with Crippen molar-refractivity contribution in [3.05, 3.63) is 94.0 Å². The summed E-state index contributed by atoms with van der Waals surface area (Å²) in [6, 6.07) is 17.4. The zero-order valence-corrected chi connectivity index (χ0v) is 17.2. The molecule has 0 radical (unpaired) electrons. The molecule has 0 aliphatic rings. The molecule has 0 fully saturated rings. The van der Waals surface area contributed by atoms with E-state index in [-0.39, 0.29) is 22.8 Å². The maximum Gasteiger partial charge on any atom is 0.338 e. The van der Waals surface area contributed by atoms with Crippen LogP contribution in [0.15, 0.2) is 77.7 Å². The maximum atomic E-state index is 12.7. The van der Waals surface area contributed by atoms with Crippen LogP contribution >= 0.6 is 0 Å². The summed E-state index contributed by atoms with van der Waals surface area (Å²) in [7, 11) is -2.44. The van der Waals surface area contributed by atoms with E-state index in [0.29, 0.717) is 17.0 Å². The number of nitrogens with one attached hydrogen (secondary N) is 1. The van der Waals surface area contributed by atoms with Gasteiger partial charge in [-0.25, -0.2) is 13.2 Å². The number of anilines is 1. The molecule has 0 spiro atoms. The number of benzene rings is 3. The summed E-state index contributed by atoms with van der Waals surface area (Å²) in [5, 5.41) is 10.8. The van der Waals surface area contributed by atoms with Gasteiger partial charge in [0.05, 0.1) is 22.5 Å². The molecule has 1 N–H and O–H groups in total. The van der Waals surface area contributed by atoms with Crippen LogP contribution in [0, 0.1) is 10.1 Å². The lowest BCUT2D eigenvalue weighted by Gasteiger charge is -2.10. The summed E-state index contributed by atoms with van der Waals surface area (Å²) in [5.74, 6) is -0.176. The molecule has 0 amide bonds. The van der Waals surface area contributed by atoms with Crippen LogP contribution in [-0.2, 0) is 21.4 Å². The fraction of sp³-hybridized carbons (Fsp3) is 0.0952. The molecule has 0 unspecified atom stereocenters. The molecule has 0 aliphatic heterocycles. The number of rotatable bonds is 8. The van der Waals surface area contributed by atoms with Crippen LogP contribution < -0.4 is 9.46 Å². The number of esters is 1. The maximum absolute atomic E-state index is 12.7. The van der Waals surface area contributed by atoms with Crippen LogP contribution in [0.2, 0.25) is 0 Å². The monoisotopic (exact) mass is 442 g/mol. The van der Waals surface area contributed by atoms with Crippen molar-refractivity contribution in [1.29, 1.82) is 0 Å². The van der Waals surface area contributed by atoms with Gasteiger partial charge in [0.25, 0.3) is 15.7 Å². The summed E-state index contributed by atoms with van der Waals surface area (Å²) in [6.07, 6.45) is 0. The Bertz CT molecular complexity index is 1210. The highest BCUT2D eigenvalue weighted by atomic mass is 32.2. The van der Waals surface area contributed by atoms with Crippen LogP contribution in [0.5, 0.6) is 5.75 Å². The third-order valence-electron chi connectivity index (χ3n) is 4.21. The molecule has 0 saturated heterocycles. The fourth-order valence-electron chi connectivity index (χ4n) is 2.66. The molecule has 10 heteroatoms. The first-order chi connectivity index (χ1) is 14.8. The average Bonchev–Trinajstić information content (AvgIpc) is 2.78. The number of non-ortho nitro benzene ring substituents is 1. The summed E-state index contributed by atoms with van der Waals surface area (Å²) in [5.41, 5.74) is 0.682. The predicted molar refractivity (Wildman–Crippen MR) is 112 cm³/mol. The number of nitro benzene ring substituents is 1. The third kappa shape index (κ3) is 5.58. The largest absolute Gasteiger partial charge is 0.497 e. The zero-order chi connectivity index (χ0) is 22.4. The Morgan fingerprint density at radius 3 is 2.42 bits per heavy atom. The molecule has 3 aromatic carbocycles. The number of hydrogen-bond acceptors (Lipinski definition) is 7. The first-order valence-electron chi connectivity index (χ1n) is 8.96. The van der Waals surface area contributed by atoms with Crippen LogP contribution in [-0.4, -0.2) is 26.4 Å². The van der Waals surface area contributed by atoms with E-state index in [1.54, 1.807) is 30.3 Å². The van der Waals surface area contributed by atoms with E-state index in [4.69, 9.17) is 9.47 Å². The third-order valence-corrected chi connectivity index (χ3v) is 5.59. The first kappa shape index (κ1) is 21.8. The van der Waals surface area contributed by atoms with E-state index in [0.717, 1.165) is 0 Å². The van der Waals surface area contributed by atoms with Gasteiger partial charge in [0.1, 0.15) is 12.4 Å². The number of nitro groups is 1. The Balaban J connectivity index is 1.71. The van der Waals surface area contributed by atoms with Gasteiger partial charge in [-0.3, -0.25) is 14.8 Å². The Kier molecular flexibility index (Phi) is 6.51. The van der Waals surface area contributed by atoms with Crippen LogP contribution in [0.4, 0.5) is 11.4 Å². The average molecular weight is 442 g/mol. The van der Waals surface area contributed by atoms with Gasteiger partial charge in [-0.15, -0.1) is 0 Å². The highest BCUT2D eigenvalue weighted by molar-refractivity contribution is 7.92. The minimum Gasteiger partial charge on any atom is -0.497 e. The number of carbonyl (C=O) groups is 1. The summed E-state index contributed by atoms with van der Waals surface area (Å²) >= 11 is 0. The van der Waals surface area contributed by atoms with Gasteiger partial charge < -0.3 is 9.47 Å².